The van der Waals surface area contributed by atoms with Crippen LogP contribution >= 0.6 is 34.9 Å². The van der Waals surface area contributed by atoms with Gasteiger partial charge in [0.15, 0.2) is 5.13 Å². The Balaban J connectivity index is 1.58. The Kier molecular flexibility index (Phi) is 6.99. The second-order valence-corrected chi connectivity index (χ2v) is 8.67. The number of halogens is 2. The zero-order valence-corrected chi connectivity index (χ0v) is 16.6. The van der Waals surface area contributed by atoms with E-state index in [2.05, 4.69) is 21.9 Å². The van der Waals surface area contributed by atoms with E-state index in [1.165, 1.54) is 55.4 Å². The van der Waals surface area contributed by atoms with Gasteiger partial charge in [0.05, 0.1) is 4.90 Å². The first-order chi connectivity index (χ1) is 12.1. The highest BCUT2D eigenvalue weighted by molar-refractivity contribution is 8.00. The normalized spacial score (nSPS) is 16.8. The van der Waals surface area contributed by atoms with Gasteiger partial charge in [-0.05, 0) is 55.8 Å². The van der Waals surface area contributed by atoms with Crippen molar-refractivity contribution in [2.45, 2.75) is 62.4 Å². The minimum atomic E-state index is -0.252. The van der Waals surface area contributed by atoms with Gasteiger partial charge in [0.2, 0.25) is 0 Å². The molecule has 1 fully saturated rings. The molecule has 25 heavy (non-hydrogen) atoms. The molecule has 3 nitrogen and oxygen atoms in total. The fourth-order valence-electron chi connectivity index (χ4n) is 3.24. The lowest BCUT2D eigenvalue weighted by Gasteiger charge is -2.27. The molecule has 0 radical (unpaired) electrons. The van der Waals surface area contributed by atoms with Crippen LogP contribution in [0.5, 0.6) is 0 Å². The topological polar surface area (TPSA) is 37.0 Å². The molecule has 1 aromatic carbocycles. The Hall–Kier alpha value is -0.820. The molecular weight excluding hydrogens is 377 g/mol. The molecular formula is C18H23ClFN3S2. The number of benzene rings is 1. The molecule has 2 N–H and O–H groups in total. The van der Waals surface area contributed by atoms with E-state index in [0.29, 0.717) is 16.0 Å². The summed E-state index contributed by atoms with van der Waals surface area (Å²) in [6.07, 6.45) is 8.88. The van der Waals surface area contributed by atoms with Crippen molar-refractivity contribution in [1.82, 2.24) is 10.3 Å². The maximum absolute atomic E-state index is 14.4. The van der Waals surface area contributed by atoms with Crippen LogP contribution in [-0.2, 0) is 6.42 Å². The first-order valence-electron chi connectivity index (χ1n) is 8.68. The van der Waals surface area contributed by atoms with Crippen molar-refractivity contribution in [3.63, 3.8) is 0 Å². The molecule has 0 spiro atoms. The standard InChI is InChI=1S/C18H23ClFN3S2/c1-12(22-14-5-3-2-4-6-14)9-13-10-16(20)17(11-15(13)19)25-23-18-21-7-8-24-18/h7-8,10-12,14,22H,2-6,9H2,1H3,(H,21,23). The smallest absolute Gasteiger partial charge is 0.192 e. The maximum Gasteiger partial charge on any atom is 0.192 e. The SMILES string of the molecule is CC(Cc1cc(F)c(SNc2nccs2)cc1Cl)NC1CCCCC1. The third-order valence-electron chi connectivity index (χ3n) is 4.43. The second-order valence-electron chi connectivity index (χ2n) is 6.52. The molecule has 136 valence electrons. The molecule has 1 unspecified atom stereocenters. The molecule has 1 atom stereocenters. The van der Waals surface area contributed by atoms with Crippen LogP contribution in [0.3, 0.4) is 0 Å². The van der Waals surface area contributed by atoms with Gasteiger partial charge in [0.1, 0.15) is 5.82 Å². The van der Waals surface area contributed by atoms with Crippen LogP contribution in [0.4, 0.5) is 9.52 Å². The first kappa shape index (κ1) is 19.0. The van der Waals surface area contributed by atoms with Crippen molar-refractivity contribution >= 4 is 40.0 Å². The van der Waals surface area contributed by atoms with Crippen LogP contribution in [0.15, 0.2) is 28.6 Å². The average Bonchev–Trinajstić information content (AvgIpc) is 3.11. The summed E-state index contributed by atoms with van der Waals surface area (Å²) >= 11 is 9.07. The molecule has 1 saturated carbocycles. The van der Waals surface area contributed by atoms with E-state index in [4.69, 9.17) is 11.6 Å². The third-order valence-corrected chi connectivity index (χ3v) is 6.43. The van der Waals surface area contributed by atoms with Gasteiger partial charge < -0.3 is 10.0 Å². The first-order valence-corrected chi connectivity index (χ1v) is 10.8. The van der Waals surface area contributed by atoms with Crippen LogP contribution in [0.2, 0.25) is 5.02 Å². The second kappa shape index (κ2) is 9.21. The van der Waals surface area contributed by atoms with E-state index in [1.807, 2.05) is 5.38 Å². The summed E-state index contributed by atoms with van der Waals surface area (Å²) in [5.74, 6) is -0.252. The summed E-state index contributed by atoms with van der Waals surface area (Å²) in [7, 11) is 0. The van der Waals surface area contributed by atoms with Crippen molar-refractivity contribution in [1.29, 1.82) is 0 Å². The van der Waals surface area contributed by atoms with Gasteiger partial charge >= 0.3 is 0 Å². The van der Waals surface area contributed by atoms with Crippen molar-refractivity contribution < 1.29 is 4.39 Å². The van der Waals surface area contributed by atoms with Crippen molar-refractivity contribution in [3.8, 4) is 0 Å². The number of thiazole rings is 1. The van der Waals surface area contributed by atoms with E-state index in [1.54, 1.807) is 18.3 Å². The molecule has 0 bridgehead atoms. The number of aromatic nitrogens is 1. The van der Waals surface area contributed by atoms with Gasteiger partial charge in [-0.2, -0.15) is 0 Å². The van der Waals surface area contributed by atoms with Crippen LogP contribution in [0.1, 0.15) is 44.6 Å². The van der Waals surface area contributed by atoms with E-state index < -0.39 is 0 Å². The Bertz CT molecular complexity index is 675. The Morgan fingerprint density at radius 3 is 2.88 bits per heavy atom. The Labute approximate surface area is 161 Å². The third kappa shape index (κ3) is 5.58. The number of hydrogen-bond acceptors (Lipinski definition) is 5. The molecule has 0 amide bonds. The summed E-state index contributed by atoms with van der Waals surface area (Å²) in [6.45, 7) is 2.15. The number of rotatable bonds is 7. The highest BCUT2D eigenvalue weighted by Gasteiger charge is 2.17. The van der Waals surface area contributed by atoms with Gasteiger partial charge in [0.25, 0.3) is 0 Å². The fraction of sp³-hybridized carbons (Fsp3) is 0.500. The molecule has 1 aliphatic carbocycles. The predicted molar refractivity (Wildman–Crippen MR) is 106 cm³/mol. The largest absolute Gasteiger partial charge is 0.311 e. The van der Waals surface area contributed by atoms with Crippen molar-refractivity contribution in [3.05, 3.63) is 40.1 Å². The van der Waals surface area contributed by atoms with E-state index in [9.17, 15) is 4.39 Å². The molecule has 1 aromatic heterocycles. The predicted octanol–water partition coefficient (Wildman–Crippen LogP) is 5.91. The lowest BCUT2D eigenvalue weighted by molar-refractivity contribution is 0.343. The Morgan fingerprint density at radius 1 is 1.36 bits per heavy atom. The quantitative estimate of drug-likeness (QED) is 0.567. The lowest BCUT2D eigenvalue weighted by atomic mass is 9.94. The van der Waals surface area contributed by atoms with Crippen LogP contribution in [0, 0.1) is 5.82 Å². The summed E-state index contributed by atoms with van der Waals surface area (Å²) in [5, 5.41) is 6.90. The number of nitrogens with one attached hydrogen (secondary N) is 2. The van der Waals surface area contributed by atoms with Crippen molar-refractivity contribution in [2.24, 2.45) is 0 Å². The van der Waals surface area contributed by atoms with Gasteiger partial charge in [0, 0.05) is 28.7 Å². The highest BCUT2D eigenvalue weighted by atomic mass is 35.5. The van der Waals surface area contributed by atoms with E-state index in [0.717, 1.165) is 17.1 Å². The molecule has 0 saturated heterocycles. The Morgan fingerprint density at radius 2 is 2.16 bits per heavy atom. The van der Waals surface area contributed by atoms with Crippen molar-refractivity contribution in [2.75, 3.05) is 4.72 Å². The monoisotopic (exact) mass is 399 g/mol. The molecule has 7 heteroatoms. The molecule has 2 aromatic rings. The summed E-state index contributed by atoms with van der Waals surface area (Å²) in [6, 6.07) is 4.13. The van der Waals surface area contributed by atoms with Crippen LogP contribution in [-0.4, -0.2) is 17.1 Å². The maximum atomic E-state index is 14.4. The van der Waals surface area contributed by atoms with Gasteiger partial charge in [-0.25, -0.2) is 9.37 Å². The summed E-state index contributed by atoms with van der Waals surface area (Å²) < 4.78 is 17.4. The van der Waals surface area contributed by atoms with E-state index >= 15 is 0 Å². The minimum Gasteiger partial charge on any atom is -0.311 e. The zero-order chi connectivity index (χ0) is 17.6. The molecule has 0 aliphatic heterocycles. The average molecular weight is 400 g/mol. The van der Waals surface area contributed by atoms with E-state index in [-0.39, 0.29) is 11.9 Å². The van der Waals surface area contributed by atoms with Gasteiger partial charge in [-0.3, -0.25) is 0 Å². The molecule has 3 rings (SSSR count). The number of nitrogens with zero attached hydrogens (tertiary/aromatic N) is 1. The minimum absolute atomic E-state index is 0.252. The lowest BCUT2D eigenvalue weighted by Crippen LogP contribution is -2.39. The van der Waals surface area contributed by atoms with Gasteiger partial charge in [-0.15, -0.1) is 11.3 Å². The number of anilines is 1. The molecule has 1 heterocycles. The molecule has 1 aliphatic rings. The van der Waals surface area contributed by atoms with Gasteiger partial charge in [-0.1, -0.05) is 30.9 Å². The zero-order valence-electron chi connectivity index (χ0n) is 14.2. The fourth-order valence-corrected chi connectivity index (χ4v) is 4.82. The summed E-state index contributed by atoms with van der Waals surface area (Å²) in [5.41, 5.74) is 0.855. The number of hydrogen-bond donors (Lipinski definition) is 2. The summed E-state index contributed by atoms with van der Waals surface area (Å²) in [4.78, 5) is 4.60. The van der Waals surface area contributed by atoms with Crippen LogP contribution in [0.25, 0.3) is 0 Å². The van der Waals surface area contributed by atoms with Crippen LogP contribution < -0.4 is 10.0 Å². The highest BCUT2D eigenvalue weighted by Crippen LogP contribution is 2.30.